The van der Waals surface area contributed by atoms with Gasteiger partial charge >= 0.3 is 6.18 Å². The molecule has 21 heavy (non-hydrogen) atoms. The molecule has 2 aromatic carbocycles. The van der Waals surface area contributed by atoms with E-state index in [4.69, 9.17) is 0 Å². The summed E-state index contributed by atoms with van der Waals surface area (Å²) in [6.45, 7) is 1.73. The minimum absolute atomic E-state index is 0.215. The van der Waals surface area contributed by atoms with Crippen LogP contribution in [-0.2, 0) is 0 Å². The zero-order valence-corrected chi connectivity index (χ0v) is 12.9. The summed E-state index contributed by atoms with van der Waals surface area (Å²) < 4.78 is 40.7. The normalized spacial score (nSPS) is 14.7. The third-order valence-electron chi connectivity index (χ3n) is 3.23. The van der Waals surface area contributed by atoms with Crippen molar-refractivity contribution in [1.82, 2.24) is 5.32 Å². The van der Waals surface area contributed by atoms with E-state index in [2.05, 4.69) is 21.2 Å². The lowest BCUT2D eigenvalue weighted by Crippen LogP contribution is -2.35. The lowest BCUT2D eigenvalue weighted by Gasteiger charge is -2.26. The van der Waals surface area contributed by atoms with E-state index in [1.165, 1.54) is 12.1 Å². The van der Waals surface area contributed by atoms with Gasteiger partial charge in [-0.25, -0.2) is 0 Å². The molecule has 2 atom stereocenters. The van der Waals surface area contributed by atoms with Crippen LogP contribution in [-0.4, -0.2) is 6.18 Å². The van der Waals surface area contributed by atoms with Crippen LogP contribution in [0.15, 0.2) is 59.1 Å². The Balaban J connectivity index is 2.24. The molecule has 0 aliphatic carbocycles. The van der Waals surface area contributed by atoms with Crippen molar-refractivity contribution in [1.29, 1.82) is 0 Å². The Morgan fingerprint density at radius 1 is 0.952 bits per heavy atom. The first-order valence-corrected chi connectivity index (χ1v) is 7.30. The molecule has 0 heterocycles. The van der Waals surface area contributed by atoms with Gasteiger partial charge in [0.1, 0.15) is 6.04 Å². The first kappa shape index (κ1) is 16.0. The van der Waals surface area contributed by atoms with Crippen LogP contribution in [0.1, 0.15) is 30.1 Å². The van der Waals surface area contributed by atoms with Crippen LogP contribution >= 0.6 is 15.9 Å². The second-order valence-electron chi connectivity index (χ2n) is 4.83. The highest BCUT2D eigenvalue weighted by Crippen LogP contribution is 2.34. The minimum atomic E-state index is -4.35. The summed E-state index contributed by atoms with van der Waals surface area (Å²) in [5.74, 6) is 0. The van der Waals surface area contributed by atoms with E-state index in [0.29, 0.717) is 0 Å². The predicted molar refractivity (Wildman–Crippen MR) is 80.9 cm³/mol. The first-order valence-electron chi connectivity index (χ1n) is 6.51. The van der Waals surface area contributed by atoms with Gasteiger partial charge in [-0.1, -0.05) is 58.4 Å². The highest BCUT2D eigenvalue weighted by Gasteiger charge is 2.41. The van der Waals surface area contributed by atoms with E-state index in [1.54, 1.807) is 31.2 Å². The van der Waals surface area contributed by atoms with Gasteiger partial charge in [0.2, 0.25) is 0 Å². The summed E-state index contributed by atoms with van der Waals surface area (Å²) in [6.07, 6.45) is -4.35. The largest absolute Gasteiger partial charge is 0.407 e. The maximum Gasteiger partial charge on any atom is 0.407 e. The molecule has 0 saturated heterocycles. The van der Waals surface area contributed by atoms with Gasteiger partial charge in [0.15, 0.2) is 0 Å². The van der Waals surface area contributed by atoms with Crippen LogP contribution in [0.25, 0.3) is 0 Å². The molecule has 112 valence electrons. The number of benzene rings is 2. The van der Waals surface area contributed by atoms with Crippen molar-refractivity contribution in [2.45, 2.75) is 25.2 Å². The first-order chi connectivity index (χ1) is 9.88. The van der Waals surface area contributed by atoms with E-state index in [1.807, 2.05) is 18.2 Å². The van der Waals surface area contributed by atoms with E-state index in [0.717, 1.165) is 10.0 Å². The summed E-state index contributed by atoms with van der Waals surface area (Å²) in [6, 6.07) is 13.1. The molecular weight excluding hydrogens is 343 g/mol. The quantitative estimate of drug-likeness (QED) is 0.771. The van der Waals surface area contributed by atoms with Crippen LogP contribution in [0.5, 0.6) is 0 Å². The van der Waals surface area contributed by atoms with Crippen molar-refractivity contribution in [2.75, 3.05) is 0 Å². The Bertz CT molecular complexity index is 584. The Morgan fingerprint density at radius 2 is 1.57 bits per heavy atom. The maximum atomic E-state index is 13.3. The van der Waals surface area contributed by atoms with Gasteiger partial charge < -0.3 is 0 Å². The van der Waals surface area contributed by atoms with E-state index in [-0.39, 0.29) is 5.56 Å². The highest BCUT2D eigenvalue weighted by molar-refractivity contribution is 9.10. The third-order valence-corrected chi connectivity index (χ3v) is 3.72. The van der Waals surface area contributed by atoms with Crippen LogP contribution < -0.4 is 5.32 Å². The second kappa shape index (κ2) is 6.62. The molecule has 0 amide bonds. The van der Waals surface area contributed by atoms with Crippen molar-refractivity contribution in [3.05, 3.63) is 70.2 Å². The van der Waals surface area contributed by atoms with Gasteiger partial charge in [-0.3, -0.25) is 5.32 Å². The average molecular weight is 358 g/mol. The lowest BCUT2D eigenvalue weighted by molar-refractivity contribution is -0.159. The molecule has 0 spiro atoms. The van der Waals surface area contributed by atoms with Crippen molar-refractivity contribution >= 4 is 15.9 Å². The number of alkyl halides is 3. The van der Waals surface area contributed by atoms with Crippen LogP contribution in [0.4, 0.5) is 13.2 Å². The molecule has 0 saturated carbocycles. The SMILES string of the molecule is C[C@@H](NC(c1ccccc1)C(F)(F)F)c1cccc(Br)c1. The van der Waals surface area contributed by atoms with E-state index < -0.39 is 18.3 Å². The molecule has 1 nitrogen and oxygen atoms in total. The molecule has 1 unspecified atom stereocenters. The monoisotopic (exact) mass is 357 g/mol. The molecule has 0 bridgehead atoms. The Morgan fingerprint density at radius 3 is 2.14 bits per heavy atom. The molecule has 5 heteroatoms. The van der Waals surface area contributed by atoms with E-state index >= 15 is 0 Å². The average Bonchev–Trinajstić information content (AvgIpc) is 2.44. The molecule has 0 radical (unpaired) electrons. The summed E-state index contributed by atoms with van der Waals surface area (Å²) in [5.41, 5.74) is 1.02. The topological polar surface area (TPSA) is 12.0 Å². The van der Waals surface area contributed by atoms with Gasteiger partial charge in [0.25, 0.3) is 0 Å². The van der Waals surface area contributed by atoms with Gasteiger partial charge in [-0.2, -0.15) is 13.2 Å². The molecule has 0 aliphatic heterocycles. The second-order valence-corrected chi connectivity index (χ2v) is 5.74. The maximum absolute atomic E-state index is 13.3. The van der Waals surface area contributed by atoms with Crippen LogP contribution in [0.2, 0.25) is 0 Å². The van der Waals surface area contributed by atoms with Crippen LogP contribution in [0, 0.1) is 0 Å². The standard InChI is InChI=1S/C16H15BrF3N/c1-11(13-8-5-9-14(17)10-13)21-15(16(18,19)20)12-6-3-2-4-7-12/h2-11,15,21H,1H3/t11-,15?/m1/s1. The molecule has 2 rings (SSSR count). The number of rotatable bonds is 4. The van der Waals surface area contributed by atoms with Gasteiger partial charge in [-0.15, -0.1) is 0 Å². The minimum Gasteiger partial charge on any atom is -0.296 e. The number of halogens is 4. The fourth-order valence-corrected chi connectivity index (χ4v) is 2.56. The molecular formula is C16H15BrF3N. The predicted octanol–water partition coefficient (Wildman–Crippen LogP) is 5.40. The molecule has 0 aromatic heterocycles. The summed E-state index contributed by atoms with van der Waals surface area (Å²) in [4.78, 5) is 0. The Hall–Kier alpha value is -1.33. The molecule has 0 aliphatic rings. The lowest BCUT2D eigenvalue weighted by atomic mass is 10.0. The van der Waals surface area contributed by atoms with Crippen molar-refractivity contribution in [3.63, 3.8) is 0 Å². The summed E-state index contributed by atoms with van der Waals surface area (Å²) in [5, 5.41) is 2.67. The smallest absolute Gasteiger partial charge is 0.296 e. The number of nitrogens with one attached hydrogen (secondary N) is 1. The van der Waals surface area contributed by atoms with Crippen LogP contribution in [0.3, 0.4) is 0 Å². The van der Waals surface area contributed by atoms with Gasteiger partial charge in [0, 0.05) is 10.5 Å². The highest BCUT2D eigenvalue weighted by atomic mass is 79.9. The Labute approximate surface area is 130 Å². The molecule has 1 N–H and O–H groups in total. The summed E-state index contributed by atoms with van der Waals surface area (Å²) >= 11 is 3.33. The van der Waals surface area contributed by atoms with Gasteiger partial charge in [0.05, 0.1) is 0 Å². The van der Waals surface area contributed by atoms with Gasteiger partial charge in [-0.05, 0) is 30.2 Å². The van der Waals surface area contributed by atoms with Crippen molar-refractivity contribution in [3.8, 4) is 0 Å². The Kier molecular flexibility index (Phi) is 5.06. The van der Waals surface area contributed by atoms with Crippen molar-refractivity contribution in [2.24, 2.45) is 0 Å². The third kappa shape index (κ3) is 4.32. The summed E-state index contributed by atoms with van der Waals surface area (Å²) in [7, 11) is 0. The molecule has 0 fully saturated rings. The zero-order chi connectivity index (χ0) is 15.5. The number of hydrogen-bond donors (Lipinski definition) is 1. The van der Waals surface area contributed by atoms with Crippen molar-refractivity contribution < 1.29 is 13.2 Å². The molecule has 2 aromatic rings. The van der Waals surface area contributed by atoms with E-state index in [9.17, 15) is 13.2 Å². The zero-order valence-electron chi connectivity index (χ0n) is 11.4. The fraction of sp³-hybridized carbons (Fsp3) is 0.250. The fourth-order valence-electron chi connectivity index (χ4n) is 2.15. The number of hydrogen-bond acceptors (Lipinski definition) is 1.